The van der Waals surface area contributed by atoms with Crippen molar-refractivity contribution in [2.45, 2.75) is 45.4 Å². The van der Waals surface area contributed by atoms with Crippen molar-refractivity contribution in [2.24, 2.45) is 10.7 Å². The maximum Gasteiger partial charge on any atom is 0.360 e. The van der Waals surface area contributed by atoms with E-state index in [1.54, 1.807) is 6.20 Å². The molecule has 0 bridgehead atoms. The maximum absolute atomic E-state index is 11.1. The predicted molar refractivity (Wildman–Crippen MR) is 85.8 cm³/mol. The standard InChI is InChI=1S/C16H27N3O2/c1-2-3-4-5-6-7-8-9-15-18-11-13-19(15,12-10-17)14-16(20)21/h5-6,11,13H,2-4,7-10,12,14,17H2,1H3/p+1/b6-5+. The average Bonchev–Trinajstić information content (AvgIpc) is 2.80. The highest BCUT2D eigenvalue weighted by Crippen LogP contribution is 2.20. The predicted octanol–water partition coefficient (Wildman–Crippen LogP) is 2.65. The zero-order chi connectivity index (χ0) is 15.6. The number of amidine groups is 1. The molecule has 0 fully saturated rings. The Hall–Kier alpha value is -1.46. The fourth-order valence-electron chi connectivity index (χ4n) is 2.57. The molecule has 118 valence electrons. The Kier molecular flexibility index (Phi) is 7.93. The van der Waals surface area contributed by atoms with Crippen LogP contribution in [0.15, 0.2) is 29.5 Å². The smallest absolute Gasteiger partial charge is 0.360 e. The maximum atomic E-state index is 11.1. The van der Waals surface area contributed by atoms with Gasteiger partial charge in [0.15, 0.2) is 6.54 Å². The number of aliphatic carboxylic acids is 1. The Bertz CT molecular complexity index is 416. The van der Waals surface area contributed by atoms with Crippen LogP contribution in [0.2, 0.25) is 0 Å². The monoisotopic (exact) mass is 294 g/mol. The highest BCUT2D eigenvalue weighted by molar-refractivity contribution is 5.81. The summed E-state index contributed by atoms with van der Waals surface area (Å²) in [4.78, 5) is 15.5. The first-order chi connectivity index (χ1) is 10.1. The van der Waals surface area contributed by atoms with Crippen molar-refractivity contribution in [1.82, 2.24) is 0 Å². The Morgan fingerprint density at radius 1 is 1.38 bits per heavy atom. The number of hydrogen-bond donors (Lipinski definition) is 2. The Balaban J connectivity index is 2.45. The number of nitrogens with two attached hydrogens (primary N) is 1. The summed E-state index contributed by atoms with van der Waals surface area (Å²) in [5, 5.41) is 9.12. The third kappa shape index (κ3) is 5.81. The van der Waals surface area contributed by atoms with Gasteiger partial charge in [0.2, 0.25) is 5.84 Å². The molecule has 0 radical (unpaired) electrons. The summed E-state index contributed by atoms with van der Waals surface area (Å²) in [7, 11) is 0. The molecule has 1 rings (SSSR count). The fraction of sp³-hybridized carbons (Fsp3) is 0.625. The lowest BCUT2D eigenvalue weighted by molar-refractivity contribution is -0.778. The van der Waals surface area contributed by atoms with Crippen molar-refractivity contribution in [3.63, 3.8) is 0 Å². The first-order valence-electron chi connectivity index (χ1n) is 7.83. The van der Waals surface area contributed by atoms with E-state index in [1.165, 1.54) is 12.8 Å². The molecule has 21 heavy (non-hydrogen) atoms. The number of nitrogens with zero attached hydrogens (tertiary/aromatic N) is 2. The molecule has 0 spiro atoms. The number of hydrogen-bond acceptors (Lipinski definition) is 3. The molecule has 0 saturated heterocycles. The van der Waals surface area contributed by atoms with Crippen molar-refractivity contribution >= 4 is 11.8 Å². The number of carboxylic acids is 1. The molecule has 0 aromatic rings. The van der Waals surface area contributed by atoms with Crippen LogP contribution in [0.25, 0.3) is 0 Å². The molecule has 1 unspecified atom stereocenters. The zero-order valence-corrected chi connectivity index (χ0v) is 13.0. The largest absolute Gasteiger partial charge is 0.477 e. The van der Waals surface area contributed by atoms with Gasteiger partial charge in [-0.3, -0.25) is 0 Å². The van der Waals surface area contributed by atoms with Gasteiger partial charge in [-0.25, -0.2) is 14.3 Å². The molecule has 1 heterocycles. The summed E-state index contributed by atoms with van der Waals surface area (Å²) in [6, 6.07) is 0. The minimum absolute atomic E-state index is 0.0267. The van der Waals surface area contributed by atoms with Crippen LogP contribution in [0.1, 0.15) is 45.4 Å². The number of carboxylic acid groups (broad SMARTS) is 1. The molecular weight excluding hydrogens is 266 g/mol. The summed E-state index contributed by atoms with van der Waals surface area (Å²) in [5.74, 6) is 0.104. The molecule has 0 aliphatic carbocycles. The Morgan fingerprint density at radius 3 is 2.71 bits per heavy atom. The number of quaternary nitrogens is 1. The van der Waals surface area contributed by atoms with Crippen LogP contribution < -0.4 is 5.73 Å². The van der Waals surface area contributed by atoms with Gasteiger partial charge in [-0.2, -0.15) is 0 Å². The Morgan fingerprint density at radius 2 is 2.10 bits per heavy atom. The second kappa shape index (κ2) is 9.47. The van der Waals surface area contributed by atoms with E-state index in [2.05, 4.69) is 24.1 Å². The van der Waals surface area contributed by atoms with Crippen molar-refractivity contribution < 1.29 is 14.4 Å². The molecular formula is C16H28N3O2+. The molecule has 1 atom stereocenters. The van der Waals surface area contributed by atoms with Crippen LogP contribution in [0.4, 0.5) is 0 Å². The fourth-order valence-corrected chi connectivity index (χ4v) is 2.57. The summed E-state index contributed by atoms with van der Waals surface area (Å²) in [5.41, 5.74) is 5.65. The molecule has 1 aliphatic heterocycles. The van der Waals surface area contributed by atoms with Crippen LogP contribution in [-0.2, 0) is 4.79 Å². The molecule has 0 amide bonds. The van der Waals surface area contributed by atoms with Crippen LogP contribution in [0.5, 0.6) is 0 Å². The van der Waals surface area contributed by atoms with E-state index in [-0.39, 0.29) is 11.0 Å². The highest BCUT2D eigenvalue weighted by atomic mass is 16.4. The minimum Gasteiger partial charge on any atom is -0.477 e. The normalized spacial score (nSPS) is 21.1. The van der Waals surface area contributed by atoms with Gasteiger partial charge < -0.3 is 10.8 Å². The van der Waals surface area contributed by atoms with Gasteiger partial charge in [0.25, 0.3) is 0 Å². The van der Waals surface area contributed by atoms with Gasteiger partial charge in [-0.1, -0.05) is 31.9 Å². The van der Waals surface area contributed by atoms with Crippen LogP contribution in [0, 0.1) is 0 Å². The van der Waals surface area contributed by atoms with Crippen LogP contribution in [-0.4, -0.2) is 41.0 Å². The van der Waals surface area contributed by atoms with Crippen molar-refractivity contribution in [1.29, 1.82) is 0 Å². The number of rotatable bonds is 11. The van der Waals surface area contributed by atoms with Gasteiger partial charge in [-0.05, 0) is 19.3 Å². The Labute approximate surface area is 127 Å². The van der Waals surface area contributed by atoms with Crippen molar-refractivity contribution in [2.75, 3.05) is 19.6 Å². The van der Waals surface area contributed by atoms with Gasteiger partial charge in [0, 0.05) is 13.0 Å². The third-order valence-electron chi connectivity index (χ3n) is 3.70. The van der Waals surface area contributed by atoms with Gasteiger partial charge in [-0.15, -0.1) is 0 Å². The molecule has 0 saturated carbocycles. The summed E-state index contributed by atoms with van der Waals surface area (Å²) >= 11 is 0. The SMILES string of the molecule is CCCC/C=C/CCCC1=NC=C[N+]1(CCN)CC(=O)O. The summed E-state index contributed by atoms with van der Waals surface area (Å²) < 4.78 is 0.283. The number of carbonyl (C=O) groups is 1. The summed E-state index contributed by atoms with van der Waals surface area (Å²) in [6.07, 6.45) is 14.4. The van der Waals surface area contributed by atoms with E-state index < -0.39 is 5.97 Å². The molecule has 0 aromatic carbocycles. The lowest BCUT2D eigenvalue weighted by Gasteiger charge is -2.30. The van der Waals surface area contributed by atoms with Crippen molar-refractivity contribution in [3.05, 3.63) is 24.6 Å². The van der Waals surface area contributed by atoms with Gasteiger partial charge in [0.1, 0.15) is 12.7 Å². The lowest BCUT2D eigenvalue weighted by Crippen LogP contribution is -2.52. The molecule has 5 nitrogen and oxygen atoms in total. The number of allylic oxidation sites excluding steroid dienone is 2. The number of unbranched alkanes of at least 4 members (excludes halogenated alkanes) is 3. The van der Waals surface area contributed by atoms with Crippen LogP contribution in [0.3, 0.4) is 0 Å². The molecule has 1 aliphatic rings. The zero-order valence-electron chi connectivity index (χ0n) is 13.0. The minimum atomic E-state index is -0.817. The molecule has 0 aromatic heterocycles. The number of aliphatic imine (C=N–C) groups is 1. The van der Waals surface area contributed by atoms with E-state index in [4.69, 9.17) is 10.8 Å². The van der Waals surface area contributed by atoms with E-state index in [0.29, 0.717) is 13.1 Å². The van der Waals surface area contributed by atoms with E-state index in [0.717, 1.165) is 31.5 Å². The first kappa shape index (κ1) is 17.6. The van der Waals surface area contributed by atoms with E-state index >= 15 is 0 Å². The highest BCUT2D eigenvalue weighted by Gasteiger charge is 2.36. The van der Waals surface area contributed by atoms with E-state index in [9.17, 15) is 4.79 Å². The molecule has 5 heteroatoms. The third-order valence-corrected chi connectivity index (χ3v) is 3.70. The van der Waals surface area contributed by atoms with E-state index in [1.807, 2.05) is 6.20 Å². The van der Waals surface area contributed by atoms with Gasteiger partial charge in [0.05, 0.1) is 6.20 Å². The quantitative estimate of drug-likeness (QED) is 0.349. The lowest BCUT2D eigenvalue weighted by atomic mass is 10.1. The van der Waals surface area contributed by atoms with Gasteiger partial charge >= 0.3 is 5.97 Å². The topological polar surface area (TPSA) is 75.7 Å². The van der Waals surface area contributed by atoms with Crippen molar-refractivity contribution in [3.8, 4) is 0 Å². The first-order valence-corrected chi connectivity index (χ1v) is 7.83. The summed E-state index contributed by atoms with van der Waals surface area (Å²) in [6.45, 7) is 3.26. The van der Waals surface area contributed by atoms with Crippen LogP contribution >= 0.6 is 0 Å². The average molecular weight is 294 g/mol. The second-order valence-electron chi connectivity index (χ2n) is 5.45. The molecule has 3 N–H and O–H groups in total. The second-order valence-corrected chi connectivity index (χ2v) is 5.45.